The van der Waals surface area contributed by atoms with Crippen molar-refractivity contribution in [3.05, 3.63) is 101 Å². The average Bonchev–Trinajstić information content (AvgIpc) is 3.28. The number of aromatic amines is 1. The van der Waals surface area contributed by atoms with E-state index in [9.17, 15) is 19.5 Å². The molecule has 1 atom stereocenters. The Morgan fingerprint density at radius 1 is 0.944 bits per heavy atom. The Kier molecular flexibility index (Phi) is 7.44. The van der Waals surface area contributed by atoms with Crippen molar-refractivity contribution in [1.82, 2.24) is 14.9 Å². The Hall–Kier alpha value is -4.46. The monoisotopic (exact) mass is 485 g/mol. The molecule has 0 radical (unpaired) electrons. The van der Waals surface area contributed by atoms with Crippen LogP contribution >= 0.6 is 0 Å². The molecule has 1 heterocycles. The van der Waals surface area contributed by atoms with E-state index in [2.05, 4.69) is 9.97 Å². The first kappa shape index (κ1) is 24.7. The van der Waals surface area contributed by atoms with Gasteiger partial charge in [-0.1, -0.05) is 60.7 Å². The van der Waals surface area contributed by atoms with Crippen molar-refractivity contribution >= 4 is 28.9 Å². The van der Waals surface area contributed by atoms with Crippen molar-refractivity contribution < 1.29 is 24.2 Å². The number of Topliss-reactive ketones (excluding diaryl/α,β-unsaturated/α-hetero) is 1. The van der Waals surface area contributed by atoms with E-state index in [4.69, 9.17) is 4.74 Å². The lowest BCUT2D eigenvalue weighted by molar-refractivity contribution is -0.143. The number of aryl methyl sites for hydroxylation is 2. The summed E-state index contributed by atoms with van der Waals surface area (Å²) >= 11 is 0. The summed E-state index contributed by atoms with van der Waals surface area (Å²) in [5.41, 5.74) is 4.87. The van der Waals surface area contributed by atoms with E-state index in [1.165, 1.54) is 0 Å². The highest BCUT2D eigenvalue weighted by atomic mass is 16.6. The van der Waals surface area contributed by atoms with Gasteiger partial charge in [-0.2, -0.15) is 0 Å². The maximum Gasteiger partial charge on any atom is 0.411 e. The van der Waals surface area contributed by atoms with Gasteiger partial charge in [-0.25, -0.2) is 14.6 Å². The van der Waals surface area contributed by atoms with Crippen LogP contribution in [-0.4, -0.2) is 43.9 Å². The predicted molar refractivity (Wildman–Crippen MR) is 135 cm³/mol. The molecule has 0 saturated heterocycles. The molecule has 4 rings (SSSR count). The standard InChI is InChI=1S/C28H27N3O5/c1-18-13-22-23(14-19(18)2)30-26(29-22)25(32)15-24(27(33)34)31(16-20-9-5-3-6-10-20)28(35)36-17-21-11-7-4-8-12-21/h3-14,24H,15-17H2,1-2H3,(H,29,30)(H,33,34)/t24-/m1/s1. The summed E-state index contributed by atoms with van der Waals surface area (Å²) < 4.78 is 5.44. The Labute approximate surface area is 208 Å². The fourth-order valence-corrected chi connectivity index (χ4v) is 3.89. The van der Waals surface area contributed by atoms with E-state index in [0.717, 1.165) is 21.6 Å². The minimum atomic E-state index is -1.45. The molecule has 184 valence electrons. The van der Waals surface area contributed by atoms with Crippen LogP contribution in [0.5, 0.6) is 0 Å². The molecule has 1 aromatic heterocycles. The third-order valence-electron chi connectivity index (χ3n) is 6.04. The number of aliphatic carboxylic acids is 1. The lowest BCUT2D eigenvalue weighted by atomic mass is 10.1. The number of aromatic nitrogens is 2. The van der Waals surface area contributed by atoms with Crippen molar-refractivity contribution in [3.8, 4) is 0 Å². The number of ketones is 1. The van der Waals surface area contributed by atoms with E-state index in [0.29, 0.717) is 16.6 Å². The summed E-state index contributed by atoms with van der Waals surface area (Å²) in [5, 5.41) is 10.0. The number of carboxylic acid groups (broad SMARTS) is 1. The quantitative estimate of drug-likeness (QED) is 0.321. The lowest BCUT2D eigenvalue weighted by Crippen LogP contribution is -2.46. The Morgan fingerprint density at radius 2 is 1.56 bits per heavy atom. The number of ether oxygens (including phenoxy) is 1. The third kappa shape index (κ3) is 5.78. The second kappa shape index (κ2) is 10.9. The number of rotatable bonds is 9. The number of nitrogens with zero attached hydrogens (tertiary/aromatic N) is 2. The Bertz CT molecular complexity index is 1340. The summed E-state index contributed by atoms with van der Waals surface area (Å²) in [5.74, 6) is -1.76. The number of benzene rings is 3. The van der Waals surface area contributed by atoms with Crippen LogP contribution in [0.25, 0.3) is 11.0 Å². The van der Waals surface area contributed by atoms with Gasteiger partial charge >= 0.3 is 12.1 Å². The summed E-state index contributed by atoms with van der Waals surface area (Å²) in [7, 11) is 0. The number of hydrogen-bond acceptors (Lipinski definition) is 5. The molecule has 2 N–H and O–H groups in total. The summed E-state index contributed by atoms with van der Waals surface area (Å²) in [6, 6.07) is 20.4. The molecule has 8 heteroatoms. The average molecular weight is 486 g/mol. The van der Waals surface area contributed by atoms with Crippen LogP contribution < -0.4 is 0 Å². The van der Waals surface area contributed by atoms with Gasteiger partial charge < -0.3 is 14.8 Å². The van der Waals surface area contributed by atoms with Crippen LogP contribution in [0, 0.1) is 13.8 Å². The molecule has 36 heavy (non-hydrogen) atoms. The van der Waals surface area contributed by atoms with Crippen molar-refractivity contribution in [1.29, 1.82) is 0 Å². The molecule has 0 bridgehead atoms. The molecule has 8 nitrogen and oxygen atoms in total. The van der Waals surface area contributed by atoms with E-state index in [-0.39, 0.29) is 19.0 Å². The third-order valence-corrected chi connectivity index (χ3v) is 6.04. The second-order valence-corrected chi connectivity index (χ2v) is 8.67. The molecule has 4 aromatic rings. The van der Waals surface area contributed by atoms with Crippen LogP contribution in [0.4, 0.5) is 4.79 Å². The normalized spacial score (nSPS) is 11.7. The SMILES string of the molecule is Cc1cc2nc(C(=O)C[C@H](C(=O)O)N(Cc3ccccc3)C(=O)OCc3ccccc3)[nH]c2cc1C. The van der Waals surface area contributed by atoms with Crippen molar-refractivity contribution in [2.24, 2.45) is 0 Å². The molecule has 0 fully saturated rings. The zero-order chi connectivity index (χ0) is 25.7. The fourth-order valence-electron chi connectivity index (χ4n) is 3.89. The van der Waals surface area contributed by atoms with Gasteiger partial charge in [0.25, 0.3) is 0 Å². The molecule has 1 amide bonds. The maximum absolute atomic E-state index is 13.1. The molecule has 0 aliphatic rings. The van der Waals surface area contributed by atoms with E-state index in [1.54, 1.807) is 36.4 Å². The van der Waals surface area contributed by atoms with Crippen LogP contribution in [0.15, 0.2) is 72.8 Å². The Balaban J connectivity index is 1.58. The minimum absolute atomic E-state index is 0.0203. The van der Waals surface area contributed by atoms with Gasteiger partial charge in [0.1, 0.15) is 12.6 Å². The predicted octanol–water partition coefficient (Wildman–Crippen LogP) is 5.04. The number of nitrogens with one attached hydrogen (secondary N) is 1. The van der Waals surface area contributed by atoms with Gasteiger partial charge in [-0.15, -0.1) is 0 Å². The minimum Gasteiger partial charge on any atom is -0.480 e. The van der Waals surface area contributed by atoms with E-state index < -0.39 is 30.3 Å². The zero-order valence-corrected chi connectivity index (χ0v) is 20.1. The van der Waals surface area contributed by atoms with Gasteiger partial charge in [0.2, 0.25) is 5.78 Å². The molecule has 0 saturated carbocycles. The molecule has 0 unspecified atom stereocenters. The number of carboxylic acids is 1. The van der Waals surface area contributed by atoms with Gasteiger partial charge in [0, 0.05) is 13.0 Å². The first-order chi connectivity index (χ1) is 17.3. The van der Waals surface area contributed by atoms with E-state index >= 15 is 0 Å². The highest BCUT2D eigenvalue weighted by molar-refractivity contribution is 5.99. The van der Waals surface area contributed by atoms with Gasteiger partial charge in [-0.05, 0) is 48.2 Å². The largest absolute Gasteiger partial charge is 0.480 e. The number of H-pyrrole nitrogens is 1. The number of hydrogen-bond donors (Lipinski definition) is 2. The smallest absolute Gasteiger partial charge is 0.411 e. The number of imidazole rings is 1. The molecular weight excluding hydrogens is 458 g/mol. The van der Waals surface area contributed by atoms with Gasteiger partial charge in [-0.3, -0.25) is 9.69 Å². The molecule has 0 spiro atoms. The zero-order valence-electron chi connectivity index (χ0n) is 20.1. The van der Waals surface area contributed by atoms with E-state index in [1.807, 2.05) is 50.2 Å². The highest BCUT2D eigenvalue weighted by Gasteiger charge is 2.34. The van der Waals surface area contributed by atoms with Crippen LogP contribution in [0.2, 0.25) is 0 Å². The lowest BCUT2D eigenvalue weighted by Gasteiger charge is -2.28. The molecule has 0 aliphatic carbocycles. The Morgan fingerprint density at radius 3 is 2.19 bits per heavy atom. The van der Waals surface area contributed by atoms with Crippen LogP contribution in [-0.2, 0) is 22.7 Å². The summed E-state index contributed by atoms with van der Waals surface area (Å²) in [6.07, 6.45) is -1.28. The number of carbonyl (C=O) groups excluding carboxylic acids is 2. The van der Waals surface area contributed by atoms with Crippen LogP contribution in [0.3, 0.4) is 0 Å². The topological polar surface area (TPSA) is 113 Å². The highest BCUT2D eigenvalue weighted by Crippen LogP contribution is 2.20. The van der Waals surface area contributed by atoms with Gasteiger partial charge in [0.15, 0.2) is 5.82 Å². The number of carbonyl (C=O) groups is 3. The van der Waals surface area contributed by atoms with Crippen LogP contribution in [0.1, 0.15) is 39.3 Å². The fraction of sp³-hybridized carbons (Fsp3) is 0.214. The second-order valence-electron chi connectivity index (χ2n) is 8.67. The van der Waals surface area contributed by atoms with Crippen molar-refractivity contribution in [2.75, 3.05) is 0 Å². The first-order valence-corrected chi connectivity index (χ1v) is 11.6. The number of amides is 1. The first-order valence-electron chi connectivity index (χ1n) is 11.6. The molecular formula is C28H27N3O5. The molecule has 3 aromatic carbocycles. The summed E-state index contributed by atoms with van der Waals surface area (Å²) in [4.78, 5) is 47.0. The van der Waals surface area contributed by atoms with Gasteiger partial charge in [0.05, 0.1) is 11.0 Å². The van der Waals surface area contributed by atoms with Crippen molar-refractivity contribution in [3.63, 3.8) is 0 Å². The van der Waals surface area contributed by atoms with Crippen molar-refractivity contribution in [2.45, 2.75) is 39.5 Å². The number of fused-ring (bicyclic) bond motifs is 1. The summed E-state index contributed by atoms with van der Waals surface area (Å²) in [6.45, 7) is 3.86. The maximum atomic E-state index is 13.1. The molecule has 0 aliphatic heterocycles.